The number of benzene rings is 2. The van der Waals surface area contributed by atoms with Gasteiger partial charge in [0.1, 0.15) is 6.33 Å². The number of fused-ring (bicyclic) bond motifs is 1. The van der Waals surface area contributed by atoms with Crippen LogP contribution in [-0.4, -0.2) is 34.1 Å². The van der Waals surface area contributed by atoms with Crippen LogP contribution in [-0.2, 0) is 6.18 Å². The van der Waals surface area contributed by atoms with E-state index < -0.39 is 11.7 Å². The largest absolute Gasteiger partial charge is 0.416 e. The van der Waals surface area contributed by atoms with Crippen molar-refractivity contribution in [3.05, 3.63) is 59.9 Å². The van der Waals surface area contributed by atoms with Crippen LogP contribution >= 0.6 is 0 Å². The Hall–Kier alpha value is -2.78. The lowest BCUT2D eigenvalue weighted by Gasteiger charge is -2.23. The van der Waals surface area contributed by atoms with Crippen molar-refractivity contribution in [2.75, 3.05) is 19.6 Å². The Morgan fingerprint density at radius 1 is 1.00 bits per heavy atom. The Labute approximate surface area is 161 Å². The molecule has 3 aromatic rings. The maximum atomic E-state index is 13.3. The lowest BCUT2D eigenvalue weighted by Crippen LogP contribution is -2.29. The number of likely N-dealkylation sites (tertiary alicyclic amines) is 1. The molecule has 2 aromatic carbocycles. The highest BCUT2D eigenvalue weighted by atomic mass is 19.4. The molecule has 0 aliphatic carbocycles. The van der Waals surface area contributed by atoms with E-state index >= 15 is 0 Å². The zero-order chi connectivity index (χ0) is 19.6. The average molecular weight is 383 g/mol. The maximum Gasteiger partial charge on any atom is 0.416 e. The van der Waals surface area contributed by atoms with Crippen LogP contribution in [0.4, 0.5) is 13.2 Å². The van der Waals surface area contributed by atoms with Crippen LogP contribution in [0.15, 0.2) is 48.8 Å². The second kappa shape index (κ2) is 7.69. The van der Waals surface area contributed by atoms with Gasteiger partial charge in [-0.15, -0.1) is 0 Å². The summed E-state index contributed by atoms with van der Waals surface area (Å²) in [5.41, 5.74) is 1.36. The van der Waals surface area contributed by atoms with Crippen LogP contribution < -0.4 is 0 Å². The predicted molar refractivity (Wildman–Crippen MR) is 103 cm³/mol. The van der Waals surface area contributed by atoms with Crippen molar-refractivity contribution in [3.8, 4) is 17.5 Å². The third-order valence-electron chi connectivity index (χ3n) is 4.98. The van der Waals surface area contributed by atoms with Crippen LogP contribution in [0.1, 0.15) is 30.4 Å². The summed E-state index contributed by atoms with van der Waals surface area (Å²) in [6, 6.07) is 11.7. The molecule has 0 unspecified atom stereocenters. The van der Waals surface area contributed by atoms with Gasteiger partial charge in [-0.1, -0.05) is 36.5 Å². The summed E-state index contributed by atoms with van der Waals surface area (Å²) in [7, 11) is 0. The first-order valence-electron chi connectivity index (χ1n) is 9.37. The highest BCUT2D eigenvalue weighted by Gasteiger charge is 2.32. The number of para-hydroxylation sites is 1. The molecule has 0 saturated carbocycles. The normalized spacial score (nSPS) is 15.4. The molecule has 0 radical (unpaired) electrons. The number of halogens is 3. The standard InChI is InChI=1S/C22H20F3N3/c23-22(24,25)18-14-17(8-7-13-27-11-5-2-6-12-27)21-20(15-18)26-16-28(21)19-9-3-1-4-10-19/h1,3-4,9-10,14-16H,2,5-6,11-13H2. The van der Waals surface area contributed by atoms with Crippen molar-refractivity contribution in [2.24, 2.45) is 0 Å². The van der Waals surface area contributed by atoms with Crippen molar-refractivity contribution >= 4 is 11.0 Å². The second-order valence-corrected chi connectivity index (χ2v) is 6.98. The van der Waals surface area contributed by atoms with E-state index in [1.165, 1.54) is 6.42 Å². The molecule has 2 heterocycles. The Bertz CT molecular complexity index is 1020. The van der Waals surface area contributed by atoms with E-state index in [1.807, 2.05) is 30.3 Å². The Morgan fingerprint density at radius 3 is 2.46 bits per heavy atom. The molecular weight excluding hydrogens is 363 g/mol. The Morgan fingerprint density at radius 2 is 1.75 bits per heavy atom. The molecule has 1 saturated heterocycles. The summed E-state index contributed by atoms with van der Waals surface area (Å²) in [6.45, 7) is 2.56. The van der Waals surface area contributed by atoms with Gasteiger partial charge in [0.25, 0.3) is 0 Å². The van der Waals surface area contributed by atoms with Crippen LogP contribution in [0.25, 0.3) is 16.7 Å². The molecule has 1 aliphatic heterocycles. The first-order chi connectivity index (χ1) is 13.5. The van der Waals surface area contributed by atoms with Crippen LogP contribution in [0.5, 0.6) is 0 Å². The molecule has 0 amide bonds. The number of hydrogen-bond donors (Lipinski definition) is 0. The second-order valence-electron chi connectivity index (χ2n) is 6.98. The van der Waals surface area contributed by atoms with Crippen molar-refractivity contribution in [3.63, 3.8) is 0 Å². The van der Waals surface area contributed by atoms with Crippen LogP contribution in [0.2, 0.25) is 0 Å². The van der Waals surface area contributed by atoms with E-state index in [2.05, 4.69) is 21.7 Å². The van der Waals surface area contributed by atoms with Crippen LogP contribution in [0, 0.1) is 11.8 Å². The van der Waals surface area contributed by atoms with Crippen molar-refractivity contribution in [2.45, 2.75) is 25.4 Å². The Kier molecular flexibility index (Phi) is 5.10. The molecule has 0 bridgehead atoms. The number of piperidine rings is 1. The molecule has 1 fully saturated rings. The quantitative estimate of drug-likeness (QED) is 0.588. The van der Waals surface area contributed by atoms with Gasteiger partial charge < -0.3 is 0 Å². The van der Waals surface area contributed by atoms with Crippen molar-refractivity contribution < 1.29 is 13.2 Å². The highest BCUT2D eigenvalue weighted by Crippen LogP contribution is 2.33. The molecule has 0 atom stereocenters. The molecule has 3 nitrogen and oxygen atoms in total. The van der Waals surface area contributed by atoms with Crippen molar-refractivity contribution in [1.82, 2.24) is 14.5 Å². The molecule has 4 rings (SSSR count). The summed E-state index contributed by atoms with van der Waals surface area (Å²) in [4.78, 5) is 6.46. The zero-order valence-electron chi connectivity index (χ0n) is 15.3. The van der Waals surface area contributed by atoms with E-state index in [4.69, 9.17) is 0 Å². The Balaban J connectivity index is 1.78. The molecule has 28 heavy (non-hydrogen) atoms. The minimum Gasteiger partial charge on any atom is -0.298 e. The lowest BCUT2D eigenvalue weighted by atomic mass is 10.1. The molecule has 0 N–H and O–H groups in total. The van der Waals surface area contributed by atoms with Crippen LogP contribution in [0.3, 0.4) is 0 Å². The van der Waals surface area contributed by atoms with E-state index in [9.17, 15) is 13.2 Å². The van der Waals surface area contributed by atoms with Gasteiger partial charge in [-0.25, -0.2) is 4.98 Å². The smallest absolute Gasteiger partial charge is 0.298 e. The fraction of sp³-hybridized carbons (Fsp3) is 0.318. The van der Waals surface area contributed by atoms with Gasteiger partial charge in [0.05, 0.1) is 28.7 Å². The van der Waals surface area contributed by atoms with Gasteiger partial charge in [-0.2, -0.15) is 13.2 Å². The lowest BCUT2D eigenvalue weighted by molar-refractivity contribution is -0.137. The summed E-state index contributed by atoms with van der Waals surface area (Å²) < 4.78 is 41.8. The molecule has 1 aromatic heterocycles. The first kappa shape index (κ1) is 18.6. The highest BCUT2D eigenvalue weighted by molar-refractivity contribution is 5.85. The predicted octanol–water partition coefficient (Wildman–Crippen LogP) is 4.88. The fourth-order valence-electron chi connectivity index (χ4n) is 3.56. The number of rotatable bonds is 2. The fourth-order valence-corrected chi connectivity index (χ4v) is 3.56. The maximum absolute atomic E-state index is 13.3. The minimum absolute atomic E-state index is 0.293. The van der Waals surface area contributed by atoms with Gasteiger partial charge in [0, 0.05) is 5.69 Å². The molecule has 6 heteroatoms. The summed E-state index contributed by atoms with van der Waals surface area (Å²) in [5, 5.41) is 0. The minimum atomic E-state index is -4.44. The number of imidazole rings is 1. The molecule has 0 spiro atoms. The number of hydrogen-bond acceptors (Lipinski definition) is 2. The topological polar surface area (TPSA) is 21.1 Å². The average Bonchev–Trinajstić information content (AvgIpc) is 3.13. The third kappa shape index (κ3) is 3.90. The van der Waals surface area contributed by atoms with E-state index in [1.54, 1.807) is 10.9 Å². The third-order valence-corrected chi connectivity index (χ3v) is 4.98. The number of aromatic nitrogens is 2. The van der Waals surface area contributed by atoms with Gasteiger partial charge in [-0.05, 0) is 50.2 Å². The molecule has 144 valence electrons. The van der Waals surface area contributed by atoms with Gasteiger partial charge >= 0.3 is 6.18 Å². The summed E-state index contributed by atoms with van der Waals surface area (Å²) >= 11 is 0. The first-order valence-corrected chi connectivity index (χ1v) is 9.37. The zero-order valence-corrected chi connectivity index (χ0v) is 15.3. The van der Waals surface area contributed by atoms with E-state index in [0.717, 1.165) is 43.8 Å². The number of alkyl halides is 3. The number of nitrogens with zero attached hydrogens (tertiary/aromatic N) is 3. The van der Waals surface area contributed by atoms with Gasteiger partial charge in [-0.3, -0.25) is 9.47 Å². The van der Waals surface area contributed by atoms with Gasteiger partial charge in [0.2, 0.25) is 0 Å². The van der Waals surface area contributed by atoms with E-state index in [0.29, 0.717) is 23.1 Å². The molecule has 1 aliphatic rings. The SMILES string of the molecule is FC(F)(F)c1cc(C#CCN2CCCCC2)c2c(c1)ncn2-c1ccccc1. The van der Waals surface area contributed by atoms with E-state index in [-0.39, 0.29) is 0 Å². The molecular formula is C22H20F3N3. The monoisotopic (exact) mass is 383 g/mol. The van der Waals surface area contributed by atoms with Gasteiger partial charge in [0.15, 0.2) is 0 Å². The van der Waals surface area contributed by atoms with Crippen molar-refractivity contribution in [1.29, 1.82) is 0 Å². The summed E-state index contributed by atoms with van der Waals surface area (Å²) in [6.07, 6.45) is 0.644. The summed E-state index contributed by atoms with van der Waals surface area (Å²) in [5.74, 6) is 6.07.